The van der Waals surface area contributed by atoms with E-state index in [0.29, 0.717) is 44.2 Å². The molecule has 1 aliphatic carbocycles. The molecule has 1 aromatic rings. The van der Waals surface area contributed by atoms with Crippen LogP contribution in [0.25, 0.3) is 0 Å². The third-order valence-corrected chi connectivity index (χ3v) is 7.52. The lowest BCUT2D eigenvalue weighted by Crippen LogP contribution is -2.46. The summed E-state index contributed by atoms with van der Waals surface area (Å²) in [6.45, 7) is 4.87. The van der Waals surface area contributed by atoms with Crippen LogP contribution in [0.4, 0.5) is 26.3 Å². The van der Waals surface area contributed by atoms with Crippen LogP contribution in [-0.2, 0) is 28.4 Å². The Labute approximate surface area is 196 Å². The summed E-state index contributed by atoms with van der Waals surface area (Å²) in [5.74, 6) is -0.357. The van der Waals surface area contributed by atoms with Gasteiger partial charge in [0.1, 0.15) is 0 Å². The number of amides is 1. The molecule has 0 unspecified atom stereocenters. The summed E-state index contributed by atoms with van der Waals surface area (Å²) in [6.07, 6.45) is -5.98. The zero-order chi connectivity index (χ0) is 25.3. The van der Waals surface area contributed by atoms with Crippen molar-refractivity contribution in [1.82, 2.24) is 10.2 Å². The highest BCUT2D eigenvalue weighted by Crippen LogP contribution is 2.47. The van der Waals surface area contributed by atoms with Crippen molar-refractivity contribution in [3.63, 3.8) is 0 Å². The second-order valence-corrected chi connectivity index (χ2v) is 9.81. The number of carbonyl (C=O) groups excluding carboxylic acids is 1. The fraction of sp³-hybridized carbons (Fsp3) is 0.708. The Balaban J connectivity index is 1.74. The summed E-state index contributed by atoms with van der Waals surface area (Å²) in [7, 11) is 2.05. The molecule has 1 heterocycles. The number of benzene rings is 1. The summed E-state index contributed by atoms with van der Waals surface area (Å²) >= 11 is 0. The van der Waals surface area contributed by atoms with Gasteiger partial charge < -0.3 is 15.0 Å². The monoisotopic (exact) mass is 494 g/mol. The minimum Gasteiger partial charge on any atom is -0.381 e. The topological polar surface area (TPSA) is 41.6 Å². The van der Waals surface area contributed by atoms with Gasteiger partial charge in [0.2, 0.25) is 5.91 Å². The van der Waals surface area contributed by atoms with Gasteiger partial charge in [-0.3, -0.25) is 4.79 Å². The third kappa shape index (κ3) is 5.87. The van der Waals surface area contributed by atoms with Gasteiger partial charge >= 0.3 is 12.4 Å². The lowest BCUT2D eigenvalue weighted by Gasteiger charge is -2.37. The Morgan fingerprint density at radius 2 is 1.59 bits per heavy atom. The van der Waals surface area contributed by atoms with Gasteiger partial charge in [-0.25, -0.2) is 0 Å². The van der Waals surface area contributed by atoms with Crippen LogP contribution >= 0.6 is 0 Å². The molecule has 0 radical (unpaired) electrons. The van der Waals surface area contributed by atoms with Crippen LogP contribution in [0.5, 0.6) is 0 Å². The summed E-state index contributed by atoms with van der Waals surface area (Å²) < 4.78 is 84.3. The minimum atomic E-state index is -4.92. The van der Waals surface area contributed by atoms with Crippen LogP contribution in [0.2, 0.25) is 0 Å². The van der Waals surface area contributed by atoms with Crippen molar-refractivity contribution < 1.29 is 35.9 Å². The van der Waals surface area contributed by atoms with Crippen molar-refractivity contribution in [3.8, 4) is 0 Å². The number of ether oxygens (including phenoxy) is 1. The Bertz CT molecular complexity index is 832. The number of nitrogens with zero attached hydrogens (tertiary/aromatic N) is 1. The van der Waals surface area contributed by atoms with E-state index in [9.17, 15) is 31.1 Å². The van der Waals surface area contributed by atoms with Gasteiger partial charge in [-0.15, -0.1) is 0 Å². The molecule has 34 heavy (non-hydrogen) atoms. The number of carbonyl (C=O) groups is 1. The average Bonchev–Trinajstić information content (AvgIpc) is 3.23. The number of rotatable bonds is 6. The second-order valence-electron chi connectivity index (χ2n) is 9.81. The summed E-state index contributed by atoms with van der Waals surface area (Å²) in [4.78, 5) is 15.6. The SMILES string of the molecule is CC(C)[C@]1(C(=O)NCc2cc(C(F)(F)F)cc(C(F)(F)F)c2)CC[C@@H](N(C)C2CCOCC2)C1. The molecule has 1 N–H and O–H groups in total. The summed E-state index contributed by atoms with van der Waals surface area (Å²) in [5.41, 5.74) is -3.73. The fourth-order valence-electron chi connectivity index (χ4n) is 5.26. The molecule has 1 aromatic carbocycles. The molecule has 1 amide bonds. The number of nitrogens with one attached hydrogen (secondary N) is 1. The third-order valence-electron chi connectivity index (χ3n) is 7.52. The standard InChI is InChI=1S/C24H32F6N2O2/c1-15(2)22(7-4-20(13-22)32(3)19-5-8-34-9-6-19)21(33)31-14-16-10-17(23(25,26)27)12-18(11-16)24(28,29)30/h10-12,15,19-20H,4-9,13-14H2,1-3H3,(H,31,33)/t20-,22+/m1/s1. The van der Waals surface area contributed by atoms with Crippen molar-refractivity contribution in [2.45, 2.75) is 76.9 Å². The molecule has 2 atom stereocenters. The van der Waals surface area contributed by atoms with Gasteiger partial charge in [-0.2, -0.15) is 26.3 Å². The van der Waals surface area contributed by atoms with Crippen LogP contribution in [0.15, 0.2) is 18.2 Å². The first-order valence-electron chi connectivity index (χ1n) is 11.6. The Kier molecular flexibility index (Phi) is 7.92. The quantitative estimate of drug-likeness (QED) is 0.520. The van der Waals surface area contributed by atoms with Crippen LogP contribution in [0, 0.1) is 11.3 Å². The highest BCUT2D eigenvalue weighted by atomic mass is 19.4. The fourth-order valence-corrected chi connectivity index (χ4v) is 5.26. The minimum absolute atomic E-state index is 0.0344. The molecule has 0 spiro atoms. The number of hydrogen-bond acceptors (Lipinski definition) is 3. The molecule has 1 saturated carbocycles. The van der Waals surface area contributed by atoms with E-state index in [1.54, 1.807) is 0 Å². The Hall–Kier alpha value is -1.81. The molecule has 4 nitrogen and oxygen atoms in total. The highest BCUT2D eigenvalue weighted by Gasteiger charge is 2.49. The van der Waals surface area contributed by atoms with E-state index in [1.807, 2.05) is 13.8 Å². The predicted molar refractivity (Wildman–Crippen MR) is 115 cm³/mol. The van der Waals surface area contributed by atoms with Gasteiger partial charge in [0.15, 0.2) is 0 Å². The zero-order valence-corrected chi connectivity index (χ0v) is 19.7. The number of alkyl halides is 6. The van der Waals surface area contributed by atoms with Gasteiger partial charge in [-0.05, 0) is 68.8 Å². The van der Waals surface area contributed by atoms with Gasteiger partial charge in [0.25, 0.3) is 0 Å². The first-order valence-corrected chi connectivity index (χ1v) is 11.6. The van der Waals surface area contributed by atoms with Crippen molar-refractivity contribution >= 4 is 5.91 Å². The van der Waals surface area contributed by atoms with E-state index < -0.39 is 35.4 Å². The highest BCUT2D eigenvalue weighted by molar-refractivity contribution is 5.83. The maximum absolute atomic E-state index is 13.3. The first-order chi connectivity index (χ1) is 15.7. The molecule has 192 valence electrons. The zero-order valence-electron chi connectivity index (χ0n) is 19.7. The molecular weight excluding hydrogens is 462 g/mol. The van der Waals surface area contributed by atoms with Crippen LogP contribution in [-0.4, -0.2) is 43.2 Å². The van der Waals surface area contributed by atoms with E-state index in [4.69, 9.17) is 4.74 Å². The Morgan fingerprint density at radius 1 is 1.03 bits per heavy atom. The van der Waals surface area contributed by atoms with Crippen LogP contribution in [0.1, 0.15) is 62.6 Å². The molecule has 3 rings (SSSR count). The van der Waals surface area contributed by atoms with Crippen LogP contribution in [0.3, 0.4) is 0 Å². The lowest BCUT2D eigenvalue weighted by molar-refractivity contribution is -0.143. The largest absolute Gasteiger partial charge is 0.416 e. The lowest BCUT2D eigenvalue weighted by atomic mass is 9.74. The molecule has 0 bridgehead atoms. The number of halogens is 6. The van der Waals surface area contributed by atoms with E-state index >= 15 is 0 Å². The van der Waals surface area contributed by atoms with Gasteiger partial charge in [0.05, 0.1) is 16.5 Å². The van der Waals surface area contributed by atoms with E-state index in [0.717, 1.165) is 19.3 Å². The molecule has 1 aliphatic heterocycles. The predicted octanol–water partition coefficient (Wildman–Crippen LogP) is 5.65. The molecule has 2 aliphatic rings. The van der Waals surface area contributed by atoms with Crippen molar-refractivity contribution in [1.29, 1.82) is 0 Å². The van der Waals surface area contributed by atoms with Gasteiger partial charge in [0, 0.05) is 31.8 Å². The van der Waals surface area contributed by atoms with Gasteiger partial charge in [-0.1, -0.05) is 13.8 Å². The van der Waals surface area contributed by atoms with E-state index in [-0.39, 0.29) is 29.5 Å². The maximum Gasteiger partial charge on any atom is 0.416 e. The Morgan fingerprint density at radius 3 is 2.09 bits per heavy atom. The summed E-state index contributed by atoms with van der Waals surface area (Å²) in [5, 5.41) is 2.65. The van der Waals surface area contributed by atoms with Crippen LogP contribution < -0.4 is 5.32 Å². The molecular formula is C24H32F6N2O2. The number of hydrogen-bond donors (Lipinski definition) is 1. The van der Waals surface area contributed by atoms with Crippen molar-refractivity contribution in [2.75, 3.05) is 20.3 Å². The first kappa shape index (κ1) is 26.8. The normalized spacial score (nSPS) is 24.7. The molecule has 0 aromatic heterocycles. The molecule has 1 saturated heterocycles. The summed E-state index contributed by atoms with van der Waals surface area (Å²) in [6, 6.07) is 1.97. The van der Waals surface area contributed by atoms with Crippen molar-refractivity contribution in [3.05, 3.63) is 34.9 Å². The average molecular weight is 495 g/mol. The molecule has 2 fully saturated rings. The van der Waals surface area contributed by atoms with E-state index in [2.05, 4.69) is 17.3 Å². The second kappa shape index (κ2) is 10.0. The van der Waals surface area contributed by atoms with E-state index in [1.165, 1.54) is 0 Å². The smallest absolute Gasteiger partial charge is 0.381 e. The van der Waals surface area contributed by atoms with Crippen molar-refractivity contribution in [2.24, 2.45) is 11.3 Å². The molecule has 10 heteroatoms. The maximum atomic E-state index is 13.3.